The normalized spacial score (nSPS) is 15.3. The molecular weight excluding hydrogens is 176 g/mol. The van der Waals surface area contributed by atoms with Gasteiger partial charge in [-0.1, -0.05) is 6.92 Å². The van der Waals surface area contributed by atoms with Crippen LogP contribution in [-0.4, -0.2) is 21.2 Å². The molecule has 0 aromatic carbocycles. The number of hydrogen-bond donors (Lipinski definition) is 1. The zero-order chi connectivity index (χ0) is 10.9. The molecule has 0 aliphatic rings. The Hall–Kier alpha value is -0.960. The third kappa shape index (κ3) is 2.10. The van der Waals surface area contributed by atoms with Crippen LogP contribution in [0.5, 0.6) is 0 Å². The molecule has 0 radical (unpaired) electrons. The highest BCUT2D eigenvalue weighted by Crippen LogP contribution is 2.20. The molecule has 0 aliphatic carbocycles. The van der Waals surface area contributed by atoms with E-state index in [0.29, 0.717) is 0 Å². The topological polar surface area (TPSA) is 46.0 Å². The highest BCUT2D eigenvalue weighted by Gasteiger charge is 2.17. The summed E-state index contributed by atoms with van der Waals surface area (Å²) in [6, 6.07) is 0. The fourth-order valence-corrected chi connectivity index (χ4v) is 1.39. The highest BCUT2D eigenvalue weighted by molar-refractivity contribution is 5.21. The molecule has 1 aromatic rings. The van der Waals surface area contributed by atoms with Crippen LogP contribution >= 0.6 is 0 Å². The molecule has 1 heterocycles. The van der Waals surface area contributed by atoms with Gasteiger partial charge in [-0.25, -0.2) is 0 Å². The molecule has 2 unspecified atom stereocenters. The Bertz CT molecular complexity index is 334. The molecule has 1 N–H and O–H groups in total. The molecule has 0 aliphatic heterocycles. The lowest BCUT2D eigenvalue weighted by atomic mass is 10.00. The maximum atomic E-state index is 9.49. The van der Waals surface area contributed by atoms with E-state index >= 15 is 0 Å². The quantitative estimate of drug-likeness (QED) is 0.782. The van der Waals surface area contributed by atoms with Crippen LogP contribution in [0.4, 0.5) is 0 Å². The lowest BCUT2D eigenvalue weighted by molar-refractivity contribution is 0.166. The zero-order valence-electron chi connectivity index (χ0n) is 9.50. The van der Waals surface area contributed by atoms with Gasteiger partial charge in [0.05, 0.1) is 28.9 Å². The number of aryl methyl sites for hydroxylation is 3. The largest absolute Gasteiger partial charge is 0.393 e. The molecule has 14 heavy (non-hydrogen) atoms. The van der Waals surface area contributed by atoms with E-state index in [1.807, 2.05) is 27.7 Å². The number of nitrogens with zero attached hydrogens (tertiary/aromatic N) is 2. The molecule has 3 heteroatoms. The van der Waals surface area contributed by atoms with Gasteiger partial charge in [0.25, 0.3) is 0 Å². The van der Waals surface area contributed by atoms with Crippen LogP contribution in [0.1, 0.15) is 42.5 Å². The van der Waals surface area contributed by atoms with E-state index in [4.69, 9.17) is 0 Å². The van der Waals surface area contributed by atoms with Crippen molar-refractivity contribution >= 4 is 0 Å². The summed E-state index contributed by atoms with van der Waals surface area (Å²) in [5, 5.41) is 9.49. The van der Waals surface area contributed by atoms with Gasteiger partial charge >= 0.3 is 0 Å². The van der Waals surface area contributed by atoms with Gasteiger partial charge in [-0.05, 0) is 27.7 Å². The first-order chi connectivity index (χ1) is 6.43. The fraction of sp³-hybridized carbons (Fsp3) is 0.636. The van der Waals surface area contributed by atoms with Gasteiger partial charge in [-0.2, -0.15) is 0 Å². The van der Waals surface area contributed by atoms with Crippen LogP contribution in [0.25, 0.3) is 0 Å². The zero-order valence-corrected chi connectivity index (χ0v) is 9.50. The molecule has 0 saturated carbocycles. The third-order valence-corrected chi connectivity index (χ3v) is 2.67. The van der Waals surface area contributed by atoms with Gasteiger partial charge in [0.2, 0.25) is 0 Å². The first kappa shape index (κ1) is 11.1. The van der Waals surface area contributed by atoms with Crippen LogP contribution in [0.15, 0.2) is 0 Å². The monoisotopic (exact) mass is 194 g/mol. The molecule has 0 saturated heterocycles. The van der Waals surface area contributed by atoms with Crippen LogP contribution in [0.3, 0.4) is 0 Å². The minimum Gasteiger partial charge on any atom is -0.393 e. The van der Waals surface area contributed by atoms with Crippen molar-refractivity contribution in [3.63, 3.8) is 0 Å². The minimum atomic E-state index is -0.384. The summed E-state index contributed by atoms with van der Waals surface area (Å²) in [7, 11) is 0. The van der Waals surface area contributed by atoms with Crippen LogP contribution in [0, 0.1) is 20.8 Å². The van der Waals surface area contributed by atoms with Crippen molar-refractivity contribution in [1.29, 1.82) is 0 Å². The number of rotatable bonds is 2. The average Bonchev–Trinajstić information content (AvgIpc) is 2.10. The van der Waals surface area contributed by atoms with E-state index in [-0.39, 0.29) is 12.0 Å². The Morgan fingerprint density at radius 2 is 1.43 bits per heavy atom. The van der Waals surface area contributed by atoms with Crippen molar-refractivity contribution in [2.45, 2.75) is 46.6 Å². The predicted molar refractivity (Wildman–Crippen MR) is 56.3 cm³/mol. The van der Waals surface area contributed by atoms with E-state index in [1.54, 1.807) is 6.92 Å². The molecule has 78 valence electrons. The lowest BCUT2D eigenvalue weighted by Crippen LogP contribution is -2.15. The van der Waals surface area contributed by atoms with Crippen molar-refractivity contribution in [2.75, 3.05) is 0 Å². The Kier molecular flexibility index (Phi) is 3.21. The maximum absolute atomic E-state index is 9.49. The molecule has 0 amide bonds. The van der Waals surface area contributed by atoms with Crippen molar-refractivity contribution in [3.05, 3.63) is 22.8 Å². The van der Waals surface area contributed by atoms with E-state index in [9.17, 15) is 5.11 Å². The van der Waals surface area contributed by atoms with Gasteiger partial charge in [-0.3, -0.25) is 9.97 Å². The molecular formula is C11H18N2O. The number of aliphatic hydroxyl groups is 1. The van der Waals surface area contributed by atoms with Gasteiger partial charge < -0.3 is 5.11 Å². The number of aliphatic hydroxyl groups excluding tert-OH is 1. The van der Waals surface area contributed by atoms with Crippen molar-refractivity contribution < 1.29 is 5.11 Å². The Labute approximate surface area is 85.2 Å². The van der Waals surface area contributed by atoms with Crippen LogP contribution in [0.2, 0.25) is 0 Å². The van der Waals surface area contributed by atoms with E-state index in [1.165, 1.54) is 0 Å². The molecule has 0 bridgehead atoms. The summed E-state index contributed by atoms with van der Waals surface area (Å²) >= 11 is 0. The SMILES string of the molecule is Cc1nc(C)c(C(C)C(C)O)nc1C. The first-order valence-corrected chi connectivity index (χ1v) is 4.93. The molecule has 1 rings (SSSR count). The molecule has 3 nitrogen and oxygen atoms in total. The second-order valence-corrected chi connectivity index (χ2v) is 3.89. The average molecular weight is 194 g/mol. The van der Waals surface area contributed by atoms with Gasteiger partial charge in [-0.15, -0.1) is 0 Å². The summed E-state index contributed by atoms with van der Waals surface area (Å²) in [5.41, 5.74) is 3.73. The second kappa shape index (κ2) is 4.05. The van der Waals surface area contributed by atoms with E-state index < -0.39 is 0 Å². The maximum Gasteiger partial charge on any atom is 0.0673 e. The Balaban J connectivity index is 3.15. The van der Waals surface area contributed by atoms with Gasteiger partial charge in [0.1, 0.15) is 0 Å². The second-order valence-electron chi connectivity index (χ2n) is 3.89. The van der Waals surface area contributed by atoms with E-state index in [0.717, 1.165) is 22.8 Å². The smallest absolute Gasteiger partial charge is 0.0673 e. The third-order valence-electron chi connectivity index (χ3n) is 2.67. The predicted octanol–water partition coefficient (Wildman–Crippen LogP) is 1.89. The summed E-state index contributed by atoms with van der Waals surface area (Å²) in [6.45, 7) is 9.58. The highest BCUT2D eigenvalue weighted by atomic mass is 16.3. The number of aromatic nitrogens is 2. The summed E-state index contributed by atoms with van der Waals surface area (Å²) in [4.78, 5) is 8.87. The minimum absolute atomic E-state index is 0.0433. The van der Waals surface area contributed by atoms with Crippen LogP contribution in [-0.2, 0) is 0 Å². The molecule has 0 spiro atoms. The van der Waals surface area contributed by atoms with Crippen molar-refractivity contribution in [3.8, 4) is 0 Å². The molecule has 2 atom stereocenters. The van der Waals surface area contributed by atoms with Gasteiger partial charge in [0.15, 0.2) is 0 Å². The summed E-state index contributed by atoms with van der Waals surface area (Å²) in [5.74, 6) is 0.0433. The van der Waals surface area contributed by atoms with E-state index in [2.05, 4.69) is 9.97 Å². The van der Waals surface area contributed by atoms with Crippen LogP contribution < -0.4 is 0 Å². The Morgan fingerprint density at radius 3 is 1.93 bits per heavy atom. The first-order valence-electron chi connectivity index (χ1n) is 4.93. The number of hydrogen-bond acceptors (Lipinski definition) is 3. The van der Waals surface area contributed by atoms with Gasteiger partial charge in [0, 0.05) is 5.92 Å². The fourth-order valence-electron chi connectivity index (χ4n) is 1.39. The standard InChI is InChI=1S/C11H18N2O/c1-6(10(5)14)11-9(4)12-7(2)8(3)13-11/h6,10,14H,1-5H3. The lowest BCUT2D eigenvalue weighted by Gasteiger charge is -2.17. The molecule has 0 fully saturated rings. The summed E-state index contributed by atoms with van der Waals surface area (Å²) < 4.78 is 0. The molecule has 1 aromatic heterocycles. The van der Waals surface area contributed by atoms with Crippen molar-refractivity contribution in [1.82, 2.24) is 9.97 Å². The summed E-state index contributed by atoms with van der Waals surface area (Å²) in [6.07, 6.45) is -0.384. The Morgan fingerprint density at radius 1 is 0.929 bits per heavy atom. The van der Waals surface area contributed by atoms with Crippen molar-refractivity contribution in [2.24, 2.45) is 0 Å².